The first kappa shape index (κ1) is 24.9. The van der Waals surface area contributed by atoms with Gasteiger partial charge in [-0.2, -0.15) is 0 Å². The van der Waals surface area contributed by atoms with Gasteiger partial charge in [0.1, 0.15) is 5.79 Å². The van der Waals surface area contributed by atoms with Crippen LogP contribution in [0.3, 0.4) is 0 Å². The van der Waals surface area contributed by atoms with Crippen LogP contribution >= 0.6 is 0 Å². The van der Waals surface area contributed by atoms with Crippen LogP contribution in [0.4, 0.5) is 0 Å². The van der Waals surface area contributed by atoms with E-state index in [9.17, 15) is 0 Å². The number of hydrogen-bond donors (Lipinski definition) is 0. The van der Waals surface area contributed by atoms with E-state index >= 15 is 0 Å². The molecular weight excluding hydrogens is 306 g/mol. The van der Waals surface area contributed by atoms with Gasteiger partial charge in [0.2, 0.25) is 0 Å². The number of hydrogen-bond acceptors (Lipinski definition) is 3. The molecule has 0 aromatic heterocycles. The zero-order valence-corrected chi connectivity index (χ0v) is 18.7. The van der Waals surface area contributed by atoms with E-state index in [1.54, 1.807) is 0 Å². The van der Waals surface area contributed by atoms with Crippen LogP contribution in [0.15, 0.2) is 0 Å². The molecule has 0 rings (SSSR count). The molecule has 0 bridgehead atoms. The molecule has 3 nitrogen and oxygen atoms in total. The van der Waals surface area contributed by atoms with E-state index in [0.717, 1.165) is 39.3 Å². The van der Waals surface area contributed by atoms with Crippen molar-refractivity contribution < 1.29 is 0 Å². The summed E-state index contributed by atoms with van der Waals surface area (Å²) in [5, 5.41) is 0. The van der Waals surface area contributed by atoms with Gasteiger partial charge in [0.25, 0.3) is 0 Å². The molecule has 3 heteroatoms. The molecule has 0 amide bonds. The second kappa shape index (κ2) is 15.0. The second-order valence-electron chi connectivity index (χ2n) is 7.16. The van der Waals surface area contributed by atoms with Crippen molar-refractivity contribution in [3.05, 3.63) is 0 Å². The Balaban J connectivity index is 5.18. The van der Waals surface area contributed by atoms with Crippen molar-refractivity contribution in [2.45, 2.75) is 106 Å². The van der Waals surface area contributed by atoms with Crippen LogP contribution in [0.25, 0.3) is 0 Å². The minimum absolute atomic E-state index is 0.0971. The standard InChI is InChI=1S/C22H49N3/c1-8-15-16-17-18-19-20-21-22(23(9-2)10-3,24(11-4)12-5)25(13-6)14-7/h8-21H2,1-7H3. The number of unbranched alkanes of at least 4 members (excludes halogenated alkanes) is 6. The zero-order valence-electron chi connectivity index (χ0n) is 18.7. The first-order valence-corrected chi connectivity index (χ1v) is 11.4. The smallest absolute Gasteiger partial charge is 0.131 e. The van der Waals surface area contributed by atoms with Gasteiger partial charge in [-0.15, -0.1) is 0 Å². The van der Waals surface area contributed by atoms with Gasteiger partial charge in [0.05, 0.1) is 0 Å². The van der Waals surface area contributed by atoms with E-state index < -0.39 is 0 Å². The molecule has 25 heavy (non-hydrogen) atoms. The molecule has 0 saturated heterocycles. The first-order valence-electron chi connectivity index (χ1n) is 11.4. The average molecular weight is 356 g/mol. The lowest BCUT2D eigenvalue weighted by Crippen LogP contribution is -2.69. The third kappa shape index (κ3) is 7.19. The molecule has 0 saturated carbocycles. The molecule has 0 aromatic rings. The van der Waals surface area contributed by atoms with Gasteiger partial charge in [-0.05, 0) is 52.1 Å². The summed E-state index contributed by atoms with van der Waals surface area (Å²) in [6, 6.07) is 0. The summed E-state index contributed by atoms with van der Waals surface area (Å²) in [5.41, 5.74) is 0. The van der Waals surface area contributed by atoms with Crippen LogP contribution in [-0.2, 0) is 0 Å². The van der Waals surface area contributed by atoms with Gasteiger partial charge in [-0.1, -0.05) is 87.0 Å². The maximum Gasteiger partial charge on any atom is 0.131 e. The molecule has 0 aromatic carbocycles. The summed E-state index contributed by atoms with van der Waals surface area (Å²) in [4.78, 5) is 8.14. The van der Waals surface area contributed by atoms with Crippen LogP contribution in [0.2, 0.25) is 0 Å². The summed E-state index contributed by atoms with van der Waals surface area (Å²) in [6.45, 7) is 23.0. The Morgan fingerprint density at radius 2 is 0.760 bits per heavy atom. The van der Waals surface area contributed by atoms with E-state index in [0.29, 0.717) is 0 Å². The lowest BCUT2D eigenvalue weighted by atomic mass is 10.0. The van der Waals surface area contributed by atoms with Crippen molar-refractivity contribution in [3.8, 4) is 0 Å². The Hall–Kier alpha value is -0.120. The van der Waals surface area contributed by atoms with Crippen molar-refractivity contribution >= 4 is 0 Å². The zero-order chi connectivity index (χ0) is 19.1. The third-order valence-corrected chi connectivity index (χ3v) is 5.93. The van der Waals surface area contributed by atoms with Gasteiger partial charge in [0.15, 0.2) is 0 Å². The largest absolute Gasteiger partial charge is 0.273 e. The monoisotopic (exact) mass is 355 g/mol. The van der Waals surface area contributed by atoms with Crippen LogP contribution in [0.1, 0.15) is 99.8 Å². The van der Waals surface area contributed by atoms with E-state index in [-0.39, 0.29) is 5.79 Å². The second-order valence-corrected chi connectivity index (χ2v) is 7.16. The van der Waals surface area contributed by atoms with Gasteiger partial charge in [-0.3, -0.25) is 14.7 Å². The highest BCUT2D eigenvalue weighted by Crippen LogP contribution is 2.31. The van der Waals surface area contributed by atoms with Gasteiger partial charge in [0, 0.05) is 0 Å². The molecule has 0 radical (unpaired) electrons. The van der Waals surface area contributed by atoms with E-state index in [1.807, 2.05) is 0 Å². The van der Waals surface area contributed by atoms with Crippen LogP contribution in [0.5, 0.6) is 0 Å². The van der Waals surface area contributed by atoms with Gasteiger partial charge >= 0.3 is 0 Å². The highest BCUT2D eigenvalue weighted by Gasteiger charge is 2.43. The molecule has 0 aliphatic carbocycles. The topological polar surface area (TPSA) is 9.72 Å². The van der Waals surface area contributed by atoms with Crippen LogP contribution in [0, 0.1) is 0 Å². The fraction of sp³-hybridized carbons (Fsp3) is 1.00. The Kier molecular flexibility index (Phi) is 14.9. The van der Waals surface area contributed by atoms with Crippen molar-refractivity contribution in [3.63, 3.8) is 0 Å². The molecule has 0 aliphatic rings. The Bertz CT molecular complexity index is 250. The predicted molar refractivity (Wildman–Crippen MR) is 114 cm³/mol. The number of nitrogens with zero attached hydrogens (tertiary/aromatic N) is 3. The summed E-state index contributed by atoms with van der Waals surface area (Å²) in [6.07, 6.45) is 11.0. The molecule has 0 unspecified atom stereocenters. The van der Waals surface area contributed by atoms with Crippen molar-refractivity contribution in [2.75, 3.05) is 39.3 Å². The minimum Gasteiger partial charge on any atom is -0.273 e. The molecule has 0 aliphatic heterocycles. The summed E-state index contributed by atoms with van der Waals surface area (Å²) in [5.74, 6) is 0.0971. The van der Waals surface area contributed by atoms with Crippen LogP contribution in [-0.4, -0.2) is 59.8 Å². The van der Waals surface area contributed by atoms with Gasteiger partial charge < -0.3 is 0 Å². The Labute approximate surface area is 160 Å². The van der Waals surface area contributed by atoms with Crippen LogP contribution < -0.4 is 0 Å². The first-order chi connectivity index (χ1) is 12.1. The lowest BCUT2D eigenvalue weighted by molar-refractivity contribution is -0.168. The predicted octanol–water partition coefficient (Wildman–Crippen LogP) is 5.81. The van der Waals surface area contributed by atoms with E-state index in [4.69, 9.17) is 0 Å². The molecule has 0 spiro atoms. The van der Waals surface area contributed by atoms with E-state index in [1.165, 1.54) is 51.4 Å². The van der Waals surface area contributed by atoms with E-state index in [2.05, 4.69) is 63.2 Å². The van der Waals surface area contributed by atoms with Crippen molar-refractivity contribution in [1.29, 1.82) is 0 Å². The quantitative estimate of drug-likeness (QED) is 0.241. The fourth-order valence-electron chi connectivity index (χ4n) is 4.58. The molecular formula is C22H49N3. The fourth-order valence-corrected chi connectivity index (χ4v) is 4.58. The highest BCUT2D eigenvalue weighted by atomic mass is 15.6. The normalized spacial score (nSPS) is 12.7. The van der Waals surface area contributed by atoms with Crippen molar-refractivity contribution in [2.24, 2.45) is 0 Å². The number of rotatable bonds is 17. The highest BCUT2D eigenvalue weighted by molar-refractivity contribution is 4.89. The summed E-state index contributed by atoms with van der Waals surface area (Å²) >= 11 is 0. The molecule has 0 fully saturated rings. The average Bonchev–Trinajstić information content (AvgIpc) is 2.63. The maximum atomic E-state index is 2.71. The molecule has 0 atom stereocenters. The summed E-state index contributed by atoms with van der Waals surface area (Å²) < 4.78 is 0. The molecule has 0 heterocycles. The third-order valence-electron chi connectivity index (χ3n) is 5.93. The van der Waals surface area contributed by atoms with Crippen molar-refractivity contribution in [1.82, 2.24) is 14.7 Å². The Morgan fingerprint density at radius 3 is 1.08 bits per heavy atom. The molecule has 0 N–H and O–H groups in total. The molecule has 152 valence electrons. The minimum atomic E-state index is 0.0971. The summed E-state index contributed by atoms with van der Waals surface area (Å²) in [7, 11) is 0. The van der Waals surface area contributed by atoms with Gasteiger partial charge in [-0.25, -0.2) is 0 Å². The lowest BCUT2D eigenvalue weighted by Gasteiger charge is -2.56. The SMILES string of the molecule is CCCCCCCCCC(N(CC)CC)(N(CC)CC)N(CC)CC. The Morgan fingerprint density at radius 1 is 0.440 bits per heavy atom. The maximum absolute atomic E-state index is 2.71.